The van der Waals surface area contributed by atoms with Gasteiger partial charge in [0, 0.05) is 6.54 Å². The van der Waals surface area contributed by atoms with E-state index < -0.39 is 27.7 Å². The zero-order chi connectivity index (χ0) is 22.1. The molecule has 6 nitrogen and oxygen atoms in total. The predicted molar refractivity (Wildman–Crippen MR) is 107 cm³/mol. The first-order chi connectivity index (χ1) is 14.1. The van der Waals surface area contributed by atoms with E-state index in [-0.39, 0.29) is 22.6 Å². The minimum atomic E-state index is -4.75. The number of aromatic nitrogens is 2. The fourth-order valence-corrected chi connectivity index (χ4v) is 4.17. The summed E-state index contributed by atoms with van der Waals surface area (Å²) in [6.07, 6.45) is -4.75. The van der Waals surface area contributed by atoms with E-state index in [9.17, 15) is 21.6 Å². The summed E-state index contributed by atoms with van der Waals surface area (Å²) >= 11 is 0. The molecule has 10 heteroatoms. The maximum absolute atomic E-state index is 13.9. The SMILES string of the molecule is CCn1nc(NS(=O)(=O)c2ccccc2)c(-c2ccc(OC)c(C)c2)c1C(F)(F)F. The lowest BCUT2D eigenvalue weighted by Gasteiger charge is -2.14. The molecule has 0 unspecified atom stereocenters. The average Bonchev–Trinajstić information content (AvgIpc) is 3.06. The van der Waals surface area contributed by atoms with Gasteiger partial charge in [-0.3, -0.25) is 9.40 Å². The van der Waals surface area contributed by atoms with Gasteiger partial charge in [0.1, 0.15) is 5.75 Å². The third-order valence-corrected chi connectivity index (χ3v) is 5.84. The second-order valence-corrected chi connectivity index (χ2v) is 8.17. The number of nitrogens with one attached hydrogen (secondary N) is 1. The van der Waals surface area contributed by atoms with Crippen LogP contribution in [0.3, 0.4) is 0 Å². The number of alkyl halides is 3. The zero-order valence-corrected chi connectivity index (χ0v) is 17.3. The Kier molecular flexibility index (Phi) is 5.80. The van der Waals surface area contributed by atoms with Crippen molar-refractivity contribution < 1.29 is 26.3 Å². The van der Waals surface area contributed by atoms with Crippen LogP contribution in [-0.4, -0.2) is 25.3 Å². The van der Waals surface area contributed by atoms with Gasteiger partial charge in [0.25, 0.3) is 10.0 Å². The summed E-state index contributed by atoms with van der Waals surface area (Å²) in [5.41, 5.74) is -0.592. The fraction of sp³-hybridized carbons (Fsp3) is 0.250. The maximum Gasteiger partial charge on any atom is 0.433 e. The molecule has 1 heterocycles. The minimum absolute atomic E-state index is 0.0820. The molecule has 0 radical (unpaired) electrons. The van der Waals surface area contributed by atoms with Crippen molar-refractivity contribution in [1.82, 2.24) is 9.78 Å². The van der Waals surface area contributed by atoms with Gasteiger partial charge in [-0.05, 0) is 49.2 Å². The molecule has 0 spiro atoms. The molecule has 0 bridgehead atoms. The summed E-state index contributed by atoms with van der Waals surface area (Å²) in [5, 5.41) is 3.93. The van der Waals surface area contributed by atoms with Crippen molar-refractivity contribution >= 4 is 15.8 Å². The number of benzene rings is 2. The summed E-state index contributed by atoms with van der Waals surface area (Å²) in [5.74, 6) is 0.110. The predicted octanol–water partition coefficient (Wildman–Crippen LogP) is 4.71. The molecule has 0 aliphatic carbocycles. The van der Waals surface area contributed by atoms with Gasteiger partial charge < -0.3 is 4.74 Å². The number of halogens is 3. The van der Waals surface area contributed by atoms with Crippen molar-refractivity contribution in [2.75, 3.05) is 11.8 Å². The molecule has 0 fully saturated rings. The van der Waals surface area contributed by atoms with Gasteiger partial charge in [-0.15, -0.1) is 0 Å². The highest BCUT2D eigenvalue weighted by Crippen LogP contribution is 2.42. The molecule has 3 rings (SSSR count). The summed E-state index contributed by atoms with van der Waals surface area (Å²) in [6.45, 7) is 3.10. The second-order valence-electron chi connectivity index (χ2n) is 6.49. The Morgan fingerprint density at radius 3 is 2.33 bits per heavy atom. The van der Waals surface area contributed by atoms with Crippen LogP contribution in [0.25, 0.3) is 11.1 Å². The first-order valence-electron chi connectivity index (χ1n) is 8.99. The Bertz CT molecular complexity index is 1160. The van der Waals surface area contributed by atoms with E-state index in [1.54, 1.807) is 13.0 Å². The number of rotatable bonds is 6. The molecule has 1 aromatic heterocycles. The summed E-state index contributed by atoms with van der Waals surface area (Å²) in [6, 6.07) is 11.9. The molecule has 0 atom stereocenters. The third kappa shape index (κ3) is 4.13. The summed E-state index contributed by atoms with van der Waals surface area (Å²) < 4.78 is 75.4. The van der Waals surface area contributed by atoms with Gasteiger partial charge >= 0.3 is 6.18 Å². The highest BCUT2D eigenvalue weighted by molar-refractivity contribution is 7.92. The normalized spacial score (nSPS) is 12.1. The molecule has 2 aromatic carbocycles. The van der Waals surface area contributed by atoms with E-state index in [0.29, 0.717) is 11.3 Å². The Labute approximate surface area is 172 Å². The lowest BCUT2D eigenvalue weighted by Crippen LogP contribution is -2.15. The topological polar surface area (TPSA) is 73.2 Å². The van der Waals surface area contributed by atoms with Crippen LogP contribution >= 0.6 is 0 Å². The largest absolute Gasteiger partial charge is 0.496 e. The maximum atomic E-state index is 13.9. The van der Waals surface area contributed by atoms with Crippen LogP contribution in [0.15, 0.2) is 53.4 Å². The van der Waals surface area contributed by atoms with Gasteiger partial charge in [-0.2, -0.15) is 18.3 Å². The highest BCUT2D eigenvalue weighted by Gasteiger charge is 2.41. The average molecular weight is 439 g/mol. The van der Waals surface area contributed by atoms with E-state index in [0.717, 1.165) is 4.68 Å². The Balaban J connectivity index is 2.23. The number of hydrogen-bond acceptors (Lipinski definition) is 4. The molecule has 160 valence electrons. The number of anilines is 1. The van der Waals surface area contributed by atoms with Crippen LogP contribution in [0.1, 0.15) is 18.2 Å². The smallest absolute Gasteiger partial charge is 0.433 e. The van der Waals surface area contributed by atoms with Crippen molar-refractivity contribution in [3.63, 3.8) is 0 Å². The lowest BCUT2D eigenvalue weighted by molar-refractivity contribution is -0.143. The number of hydrogen-bond donors (Lipinski definition) is 1. The molecule has 30 heavy (non-hydrogen) atoms. The second kappa shape index (κ2) is 8.02. The zero-order valence-electron chi connectivity index (χ0n) is 16.5. The summed E-state index contributed by atoms with van der Waals surface area (Å²) in [4.78, 5) is -0.0820. The Hall–Kier alpha value is -3.01. The number of methoxy groups -OCH3 is 1. The van der Waals surface area contributed by atoms with Gasteiger partial charge in [-0.1, -0.05) is 24.3 Å². The van der Waals surface area contributed by atoms with Gasteiger partial charge in [0.2, 0.25) is 0 Å². The van der Waals surface area contributed by atoms with Crippen molar-refractivity contribution in [3.05, 3.63) is 59.8 Å². The van der Waals surface area contributed by atoms with E-state index >= 15 is 0 Å². The quantitative estimate of drug-likeness (QED) is 0.604. The van der Waals surface area contributed by atoms with E-state index in [4.69, 9.17) is 4.74 Å². The van der Waals surface area contributed by atoms with Crippen LogP contribution in [0.2, 0.25) is 0 Å². The van der Waals surface area contributed by atoms with Crippen LogP contribution in [-0.2, 0) is 22.7 Å². The molecule has 0 saturated heterocycles. The number of ether oxygens (including phenoxy) is 1. The Morgan fingerprint density at radius 1 is 1.13 bits per heavy atom. The number of nitrogens with zero attached hydrogens (tertiary/aromatic N) is 2. The molecule has 0 aliphatic heterocycles. The van der Waals surface area contributed by atoms with Crippen molar-refractivity contribution in [3.8, 4) is 16.9 Å². The molecule has 1 N–H and O–H groups in total. The molecule has 0 amide bonds. The number of sulfonamides is 1. The molecular formula is C20H20F3N3O3S. The standard InChI is InChI=1S/C20H20F3N3O3S/c1-4-26-18(20(21,22)23)17(14-10-11-16(29-3)13(2)12-14)19(24-26)25-30(27,28)15-8-6-5-7-9-15/h5-12H,4H2,1-3H3,(H,24,25). The van der Waals surface area contributed by atoms with Crippen molar-refractivity contribution in [2.45, 2.75) is 31.5 Å². The minimum Gasteiger partial charge on any atom is -0.496 e. The highest BCUT2D eigenvalue weighted by atomic mass is 32.2. The van der Waals surface area contributed by atoms with Crippen LogP contribution in [0.5, 0.6) is 5.75 Å². The van der Waals surface area contributed by atoms with E-state index in [2.05, 4.69) is 9.82 Å². The van der Waals surface area contributed by atoms with Gasteiger partial charge in [0.05, 0.1) is 17.6 Å². The summed E-state index contributed by atoms with van der Waals surface area (Å²) in [7, 11) is -2.69. The molecular weight excluding hydrogens is 419 g/mol. The van der Waals surface area contributed by atoms with Gasteiger partial charge in [0.15, 0.2) is 11.5 Å². The molecule has 0 saturated carbocycles. The van der Waals surface area contributed by atoms with E-state index in [1.165, 1.54) is 56.5 Å². The molecule has 0 aliphatic rings. The van der Waals surface area contributed by atoms with E-state index in [1.807, 2.05) is 0 Å². The van der Waals surface area contributed by atoms with Crippen molar-refractivity contribution in [1.29, 1.82) is 0 Å². The monoisotopic (exact) mass is 439 g/mol. The first-order valence-corrected chi connectivity index (χ1v) is 10.5. The lowest BCUT2D eigenvalue weighted by atomic mass is 10.0. The van der Waals surface area contributed by atoms with Crippen LogP contribution in [0, 0.1) is 6.92 Å². The van der Waals surface area contributed by atoms with Crippen LogP contribution < -0.4 is 9.46 Å². The van der Waals surface area contributed by atoms with Gasteiger partial charge in [-0.25, -0.2) is 8.42 Å². The number of aryl methyl sites for hydroxylation is 2. The third-order valence-electron chi connectivity index (χ3n) is 4.49. The Morgan fingerprint density at radius 2 is 1.80 bits per heavy atom. The molecule has 3 aromatic rings. The first kappa shape index (κ1) is 21.7. The van der Waals surface area contributed by atoms with Crippen molar-refractivity contribution in [2.24, 2.45) is 0 Å². The fourth-order valence-electron chi connectivity index (χ4n) is 3.14. The van der Waals surface area contributed by atoms with Crippen LogP contribution in [0.4, 0.5) is 19.0 Å².